The number of benzene rings is 8. The van der Waals surface area contributed by atoms with Crippen LogP contribution in [0.3, 0.4) is 0 Å². The first-order chi connectivity index (χ1) is 43.1. The van der Waals surface area contributed by atoms with Crippen LogP contribution in [0.1, 0.15) is 90.0 Å². The first-order valence-electron chi connectivity index (χ1n) is 31.4. The number of rotatable bonds is 35. The molecule has 0 spiro atoms. The number of hydrogen-bond donors (Lipinski definition) is 0. The van der Waals surface area contributed by atoms with E-state index in [9.17, 15) is 0 Å². The molecule has 2 fully saturated rings. The van der Waals surface area contributed by atoms with Gasteiger partial charge < -0.3 is 47.4 Å². The first-order valence-corrected chi connectivity index (χ1v) is 31.4. The molecule has 0 amide bonds. The Morgan fingerprint density at radius 3 is 1.07 bits per heavy atom. The largest absolute Gasteiger partial charge is 0.374 e. The van der Waals surface area contributed by atoms with E-state index in [1.807, 2.05) is 109 Å². The molecule has 8 aromatic rings. The van der Waals surface area contributed by atoms with Gasteiger partial charge in [0.25, 0.3) is 0 Å². The highest BCUT2D eigenvalue weighted by molar-refractivity contribution is 5.21. The lowest BCUT2D eigenvalue weighted by Crippen LogP contribution is -2.66. The molecule has 0 unspecified atom stereocenters. The van der Waals surface area contributed by atoms with Gasteiger partial charge in [0, 0.05) is 19.7 Å². The Morgan fingerprint density at radius 2 is 0.632 bits per heavy atom. The van der Waals surface area contributed by atoms with Crippen molar-refractivity contribution in [2.45, 2.75) is 160 Å². The zero-order valence-corrected chi connectivity index (χ0v) is 50.4. The summed E-state index contributed by atoms with van der Waals surface area (Å²) in [6, 6.07) is 82.1. The van der Waals surface area contributed by atoms with Crippen molar-refractivity contribution in [3.63, 3.8) is 0 Å². The number of ether oxygens (including phenoxy) is 10. The van der Waals surface area contributed by atoms with Crippen LogP contribution in [0.25, 0.3) is 0 Å². The zero-order valence-electron chi connectivity index (χ0n) is 50.4. The van der Waals surface area contributed by atoms with Gasteiger partial charge in [-0.25, -0.2) is 0 Å². The molecule has 10 atom stereocenters. The van der Waals surface area contributed by atoms with Gasteiger partial charge in [0.2, 0.25) is 0 Å². The van der Waals surface area contributed by atoms with Crippen molar-refractivity contribution in [2.75, 3.05) is 19.8 Å². The molecule has 11 heteroatoms. The van der Waals surface area contributed by atoms with Crippen molar-refractivity contribution in [3.05, 3.63) is 287 Å². The second-order valence-corrected chi connectivity index (χ2v) is 22.7. The van der Waals surface area contributed by atoms with E-state index in [0.29, 0.717) is 52.7 Å². The van der Waals surface area contributed by atoms with Gasteiger partial charge >= 0.3 is 0 Å². The molecule has 0 radical (unpaired) electrons. The summed E-state index contributed by atoms with van der Waals surface area (Å²) in [6.45, 7) is 5.93. The molecule has 87 heavy (non-hydrogen) atoms. The van der Waals surface area contributed by atoms with Gasteiger partial charge in [0.15, 0.2) is 12.6 Å². The molecule has 0 aliphatic carbocycles. The first kappa shape index (κ1) is 63.3. The number of hydrogen-bond acceptors (Lipinski definition) is 11. The second-order valence-electron chi connectivity index (χ2n) is 22.7. The zero-order chi connectivity index (χ0) is 59.3. The van der Waals surface area contributed by atoms with Crippen molar-refractivity contribution in [1.29, 1.82) is 0 Å². The summed E-state index contributed by atoms with van der Waals surface area (Å²) in [5, 5.41) is 0. The Balaban J connectivity index is 1.05. The molecule has 0 aromatic heterocycles. The van der Waals surface area contributed by atoms with Crippen molar-refractivity contribution in [1.82, 2.24) is 4.90 Å². The molecular formula is C76H87NO10. The van der Waals surface area contributed by atoms with Crippen LogP contribution in [0, 0.1) is 0 Å². The summed E-state index contributed by atoms with van der Waals surface area (Å²) >= 11 is 0. The smallest absolute Gasteiger partial charge is 0.186 e. The van der Waals surface area contributed by atoms with Crippen LogP contribution >= 0.6 is 0 Å². The third-order valence-electron chi connectivity index (χ3n) is 16.1. The van der Waals surface area contributed by atoms with E-state index in [-0.39, 0.29) is 19.8 Å². The molecule has 11 nitrogen and oxygen atoms in total. The molecule has 2 aliphatic rings. The molecule has 10 rings (SSSR count). The number of nitrogens with zero attached hydrogens (tertiary/aromatic N) is 1. The minimum Gasteiger partial charge on any atom is -0.374 e. The third kappa shape index (κ3) is 19.9. The molecule has 2 saturated heterocycles. The molecule has 0 N–H and O–H groups in total. The Hall–Kier alpha value is -6.68. The molecule has 2 aliphatic heterocycles. The lowest BCUT2D eigenvalue weighted by Gasteiger charge is -2.51. The van der Waals surface area contributed by atoms with Crippen molar-refractivity contribution >= 4 is 0 Å². The number of unbranched alkanes of at least 4 members (excludes halogenated alkanes) is 5. The molecule has 0 saturated carbocycles. The Morgan fingerprint density at radius 1 is 0.299 bits per heavy atom. The predicted octanol–water partition coefficient (Wildman–Crippen LogP) is 15.0. The SMILES string of the molecule is CCCCCCCCO[C@@H]1O[C@H](CO[C@@H]2O[C@H](COCc3ccccc3)[C@H](OCc3ccccc3)[C@H](OCc3ccccc3)[C@H]2N(Cc2ccccc2)Cc2ccccc2)[C@H](OCc2ccccc2)[C@H](OCc2ccccc2)[C@H]1OCc1ccccc1. The summed E-state index contributed by atoms with van der Waals surface area (Å²) in [6.07, 6.45) is 0.152. The van der Waals surface area contributed by atoms with E-state index in [0.717, 1.165) is 63.8 Å². The average molecular weight is 1170 g/mol. The second kappa shape index (κ2) is 35.3. The van der Waals surface area contributed by atoms with Crippen LogP contribution in [0.15, 0.2) is 243 Å². The minimum absolute atomic E-state index is 0.0250. The van der Waals surface area contributed by atoms with Crippen molar-refractivity contribution in [3.8, 4) is 0 Å². The fraction of sp³-hybridized carbons (Fsp3) is 0.368. The van der Waals surface area contributed by atoms with E-state index in [1.165, 1.54) is 19.3 Å². The highest BCUT2D eigenvalue weighted by Crippen LogP contribution is 2.37. The fourth-order valence-electron chi connectivity index (χ4n) is 11.5. The van der Waals surface area contributed by atoms with Gasteiger partial charge in [-0.1, -0.05) is 282 Å². The van der Waals surface area contributed by atoms with Crippen LogP contribution in [0.5, 0.6) is 0 Å². The van der Waals surface area contributed by atoms with Gasteiger partial charge in [0.05, 0.1) is 58.9 Å². The van der Waals surface area contributed by atoms with Gasteiger partial charge in [-0.05, 0) is 50.9 Å². The molecule has 0 bridgehead atoms. The Bertz CT molecular complexity index is 3020. The van der Waals surface area contributed by atoms with E-state index >= 15 is 0 Å². The molecule has 8 aromatic carbocycles. The average Bonchev–Trinajstić information content (AvgIpc) is 1.15. The Kier molecular flexibility index (Phi) is 25.7. The van der Waals surface area contributed by atoms with Crippen LogP contribution in [-0.4, -0.2) is 86.1 Å². The highest BCUT2D eigenvalue weighted by atomic mass is 16.7. The molecule has 2 heterocycles. The summed E-state index contributed by atoms with van der Waals surface area (Å²) < 4.78 is 72.2. The van der Waals surface area contributed by atoms with Gasteiger partial charge in [-0.15, -0.1) is 0 Å². The maximum atomic E-state index is 7.55. The maximum Gasteiger partial charge on any atom is 0.186 e. The summed E-state index contributed by atoms with van der Waals surface area (Å²) in [5.74, 6) is 0. The van der Waals surface area contributed by atoms with Gasteiger partial charge in [0.1, 0.15) is 42.7 Å². The summed E-state index contributed by atoms with van der Waals surface area (Å²) in [5.41, 5.74) is 8.41. The van der Waals surface area contributed by atoms with Crippen LogP contribution in [-0.2, 0) is 100 Å². The normalized spacial score (nSPS) is 22.1. The van der Waals surface area contributed by atoms with E-state index in [2.05, 4.69) is 145 Å². The van der Waals surface area contributed by atoms with E-state index in [4.69, 9.17) is 47.4 Å². The predicted molar refractivity (Wildman–Crippen MR) is 340 cm³/mol. The maximum absolute atomic E-state index is 7.55. The van der Waals surface area contributed by atoms with Crippen LogP contribution < -0.4 is 0 Å². The lowest BCUT2D eigenvalue weighted by molar-refractivity contribution is -0.345. The lowest BCUT2D eigenvalue weighted by atomic mass is 9.93. The quantitative estimate of drug-likeness (QED) is 0.0355. The minimum atomic E-state index is -0.934. The molecule has 456 valence electrons. The topological polar surface area (TPSA) is 95.5 Å². The van der Waals surface area contributed by atoms with Crippen molar-refractivity contribution < 1.29 is 47.4 Å². The monoisotopic (exact) mass is 1170 g/mol. The van der Waals surface area contributed by atoms with Crippen LogP contribution in [0.4, 0.5) is 0 Å². The fourth-order valence-corrected chi connectivity index (χ4v) is 11.5. The van der Waals surface area contributed by atoms with E-state index in [1.54, 1.807) is 0 Å². The van der Waals surface area contributed by atoms with Gasteiger partial charge in [-0.2, -0.15) is 0 Å². The molecular weight excluding hydrogens is 1090 g/mol. The van der Waals surface area contributed by atoms with Crippen molar-refractivity contribution in [2.24, 2.45) is 0 Å². The summed E-state index contributed by atoms with van der Waals surface area (Å²) in [7, 11) is 0. The standard InChI is InChI=1S/C76H87NO10/c1-2-3-4-5-6-31-48-79-76-74(84-56-66-46-29-14-30-47-66)73(83-55-65-44-27-13-28-45-65)71(81-53-63-40-23-11-24-41-63)68(87-76)58-85-75-69(77(49-59-32-15-7-16-33-59)50-60-34-17-8-18-35-60)72(82-54-64-42-25-12-26-43-64)70(80-52-62-38-21-10-22-39-62)67(86-75)57-78-51-61-36-19-9-20-37-61/h7-30,32-47,67-76H,2-6,31,48-58H2,1H3/t67-,68-,69-,70+,71+,72-,73+,74-,75-,76-/m1/s1. The highest BCUT2D eigenvalue weighted by Gasteiger charge is 2.53. The van der Waals surface area contributed by atoms with Crippen LogP contribution in [0.2, 0.25) is 0 Å². The Labute approximate surface area is 516 Å². The van der Waals surface area contributed by atoms with E-state index < -0.39 is 61.3 Å². The third-order valence-corrected chi connectivity index (χ3v) is 16.1. The van der Waals surface area contributed by atoms with Gasteiger partial charge in [-0.3, -0.25) is 4.90 Å². The summed E-state index contributed by atoms with van der Waals surface area (Å²) in [4.78, 5) is 2.43.